The smallest absolute Gasteiger partial charge is 0.308 e. The van der Waals surface area contributed by atoms with E-state index >= 15 is 0 Å². The van der Waals surface area contributed by atoms with Crippen LogP contribution in [0.3, 0.4) is 0 Å². The summed E-state index contributed by atoms with van der Waals surface area (Å²) in [6.07, 6.45) is 20.7. The monoisotopic (exact) mass is 1520 g/mol. The van der Waals surface area contributed by atoms with Crippen LogP contribution in [0.1, 0.15) is 180 Å². The van der Waals surface area contributed by atoms with Gasteiger partial charge in [0.25, 0.3) is 0 Å². The Morgan fingerprint density at radius 3 is 1.06 bits per heavy atom. The number of carboxylic acids is 1. The van der Waals surface area contributed by atoms with Crippen molar-refractivity contribution in [2.24, 2.45) is 47.3 Å². The predicted molar refractivity (Wildman–Crippen MR) is 414 cm³/mol. The lowest BCUT2D eigenvalue weighted by molar-refractivity contribution is -0.149. The lowest BCUT2D eigenvalue weighted by Gasteiger charge is -2.24. The number of ketones is 2. The summed E-state index contributed by atoms with van der Waals surface area (Å²) in [6, 6.07) is 41.3. The standard InChI is InChI=1S/C26H25ClFNO2.C21H24FNO3.C19H20FNO3.C17H16FNO.C6H6ClN/c27-20-3-1-16(2-4-20)9-22(30)15-26(31)13-18-10-17(11-19(18)14-26)23-7-8-29-25-6-5-21(28)12-24(23)25;1-2-26-20(24)12-21(25)10-14-7-13(8-15(14)11-21)17-5-6-23-19-4-3-16(22)9-18(17)19;20-14-1-2-17-16(7-14)15(3-4-21-17)11-5-12-8-19(24,10-18(22)23)9-13(12)6-11;18-13-1-2-17-16(9-13)15(3-4-19-17)12-5-10-7-14(20)8-11(10)6-12;7-5-1-3-6(8)4-2-5/h1-8,12,17-19,31H,9-11,13-15H2;3-6,9,13-15,25H,2,7-8,10-12H2,1H3;1-4,7,11-13,24H,5-6,8-10H2,(H,22,23);1-4,9-12H,5-8H2;1-4H,8H2/t17?,18-,19+,26?;13?,14-,15+,21?;11?,12-,13+,19?;10-,11+,12?;. The number of fused-ring (bicyclic) bond motifs is 8. The molecule has 8 fully saturated rings. The van der Waals surface area contributed by atoms with E-state index in [1.165, 1.54) is 29.8 Å². The minimum Gasteiger partial charge on any atom is -0.481 e. The summed E-state index contributed by atoms with van der Waals surface area (Å²) < 4.78 is 59.7. The number of aliphatic hydroxyl groups is 3. The zero-order valence-electron chi connectivity index (χ0n) is 60.9. The van der Waals surface area contributed by atoms with Crippen molar-refractivity contribution >= 4 is 96.0 Å². The van der Waals surface area contributed by atoms with Gasteiger partial charge >= 0.3 is 11.9 Å². The number of pyridine rings is 4. The fraction of sp³-hybridized carbons (Fsp3) is 0.416. The fourth-order valence-electron chi connectivity index (χ4n) is 20.6. The average molecular weight is 1520 g/mol. The van der Waals surface area contributed by atoms with E-state index in [9.17, 15) is 52.1 Å². The van der Waals surface area contributed by atoms with E-state index in [1.54, 1.807) is 110 Å². The van der Waals surface area contributed by atoms with Crippen molar-refractivity contribution in [2.75, 3.05) is 12.3 Å². The quantitative estimate of drug-likeness (QED) is 0.0410. The van der Waals surface area contributed by atoms with Crippen LogP contribution in [-0.2, 0) is 30.3 Å². The molecule has 0 spiro atoms. The average Bonchev–Trinajstić information content (AvgIpc) is 1.61. The summed E-state index contributed by atoms with van der Waals surface area (Å²) in [4.78, 5) is 64.1. The topological polar surface area (TPSA) is 236 Å². The molecule has 8 aliphatic rings. The molecule has 0 amide bonds. The largest absolute Gasteiger partial charge is 0.481 e. The van der Waals surface area contributed by atoms with Gasteiger partial charge in [0, 0.05) is 87.7 Å². The van der Waals surface area contributed by atoms with E-state index in [1.807, 2.05) is 42.6 Å². The number of carbonyl (C=O) groups excluding carboxylic acids is 3. The van der Waals surface area contributed by atoms with Gasteiger partial charge in [-0.1, -0.05) is 35.3 Å². The molecule has 10 aromatic rings. The molecule has 4 heterocycles. The second-order valence-electron chi connectivity index (χ2n) is 32.5. The minimum atomic E-state index is -1.06. The number of carboxylic acid groups (broad SMARTS) is 1. The van der Waals surface area contributed by atoms with Crippen LogP contribution in [0.4, 0.5) is 23.2 Å². The van der Waals surface area contributed by atoms with E-state index in [0.717, 1.165) is 141 Å². The number of halogens is 6. The Hall–Kier alpha value is -8.78. The third kappa shape index (κ3) is 18.2. The van der Waals surface area contributed by atoms with Crippen LogP contribution >= 0.6 is 23.2 Å². The summed E-state index contributed by atoms with van der Waals surface area (Å²) in [5.74, 6) is 3.12. The predicted octanol–water partition coefficient (Wildman–Crippen LogP) is 19.1. The Bertz CT molecular complexity index is 4940. The molecule has 6 aromatic carbocycles. The molecule has 8 saturated carbocycles. The van der Waals surface area contributed by atoms with E-state index in [0.29, 0.717) is 133 Å². The highest BCUT2D eigenvalue weighted by Gasteiger charge is 2.53. The lowest BCUT2D eigenvalue weighted by Crippen LogP contribution is -2.30. The number of aromatic nitrogens is 4. The Morgan fingerprint density at radius 1 is 0.440 bits per heavy atom. The summed E-state index contributed by atoms with van der Waals surface area (Å²) in [7, 11) is 0. The van der Waals surface area contributed by atoms with Gasteiger partial charge in [-0.2, -0.15) is 0 Å². The molecule has 7 unspecified atom stereocenters. The molecule has 0 aliphatic heterocycles. The molecule has 6 N–H and O–H groups in total. The van der Waals surface area contributed by atoms with Gasteiger partial charge in [0.05, 0.1) is 58.3 Å². The van der Waals surface area contributed by atoms with Gasteiger partial charge in [0.1, 0.15) is 34.8 Å². The number of nitrogen functional groups attached to an aromatic ring is 1. The summed E-state index contributed by atoms with van der Waals surface area (Å²) in [5.41, 5.74) is 12.1. The number of aliphatic carboxylic acids is 1. The molecule has 568 valence electrons. The number of benzene rings is 6. The Labute approximate surface area is 641 Å². The summed E-state index contributed by atoms with van der Waals surface area (Å²) >= 11 is 11.5. The van der Waals surface area contributed by atoms with Crippen LogP contribution < -0.4 is 5.73 Å². The summed E-state index contributed by atoms with van der Waals surface area (Å²) in [5, 5.41) is 46.4. The van der Waals surface area contributed by atoms with Crippen LogP contribution in [-0.4, -0.2) is 87.3 Å². The second kappa shape index (κ2) is 32.7. The van der Waals surface area contributed by atoms with Crippen molar-refractivity contribution in [3.63, 3.8) is 0 Å². The zero-order valence-corrected chi connectivity index (χ0v) is 62.4. The van der Waals surface area contributed by atoms with Gasteiger partial charge in [-0.3, -0.25) is 39.1 Å². The number of carbonyl (C=O) groups is 4. The Balaban J connectivity index is 0.000000118. The van der Waals surface area contributed by atoms with Crippen molar-refractivity contribution in [1.29, 1.82) is 0 Å². The van der Waals surface area contributed by atoms with Crippen LogP contribution in [0.2, 0.25) is 10.0 Å². The maximum Gasteiger partial charge on any atom is 0.308 e. The van der Waals surface area contributed by atoms with E-state index in [2.05, 4.69) is 19.9 Å². The first-order chi connectivity index (χ1) is 52.3. The van der Waals surface area contributed by atoms with E-state index in [-0.39, 0.29) is 54.3 Å². The number of ether oxygens (including phenoxy) is 1. The third-order valence-corrected chi connectivity index (χ3v) is 25.4. The Kier molecular flexibility index (Phi) is 23.1. The molecular weight excluding hydrogens is 1430 g/mol. The van der Waals surface area contributed by atoms with Crippen molar-refractivity contribution in [3.8, 4) is 0 Å². The number of rotatable bonds is 13. The van der Waals surface area contributed by atoms with Crippen LogP contribution in [0.25, 0.3) is 43.6 Å². The molecule has 0 saturated heterocycles. The van der Waals surface area contributed by atoms with Gasteiger partial charge in [0.15, 0.2) is 0 Å². The molecule has 0 radical (unpaired) electrons. The lowest BCUT2D eigenvalue weighted by atomic mass is 9.86. The first-order valence-corrected chi connectivity index (χ1v) is 39.0. The number of esters is 1. The minimum absolute atomic E-state index is 0.0666. The van der Waals surface area contributed by atoms with Crippen molar-refractivity contribution in [2.45, 2.75) is 176 Å². The molecule has 18 rings (SSSR count). The molecule has 20 heteroatoms. The molecule has 0 bridgehead atoms. The highest BCUT2D eigenvalue weighted by molar-refractivity contribution is 6.30. The highest BCUT2D eigenvalue weighted by Crippen LogP contribution is 2.59. The number of nitrogens with zero attached hydrogens (tertiary/aromatic N) is 4. The Morgan fingerprint density at radius 2 is 0.743 bits per heavy atom. The van der Waals surface area contributed by atoms with Crippen LogP contribution in [0, 0.1) is 70.6 Å². The van der Waals surface area contributed by atoms with Gasteiger partial charge in [0.2, 0.25) is 0 Å². The van der Waals surface area contributed by atoms with Crippen LogP contribution in [0.5, 0.6) is 0 Å². The van der Waals surface area contributed by atoms with Crippen molar-refractivity contribution < 1.29 is 61.9 Å². The molecule has 109 heavy (non-hydrogen) atoms. The fourth-order valence-corrected chi connectivity index (χ4v) is 20.9. The third-order valence-electron chi connectivity index (χ3n) is 24.9. The molecule has 14 nitrogen and oxygen atoms in total. The number of hydrogen-bond acceptors (Lipinski definition) is 13. The van der Waals surface area contributed by atoms with Gasteiger partial charge in [-0.25, -0.2) is 17.6 Å². The van der Waals surface area contributed by atoms with Crippen molar-refractivity contribution in [3.05, 3.63) is 232 Å². The van der Waals surface area contributed by atoms with Gasteiger partial charge < -0.3 is 30.9 Å². The van der Waals surface area contributed by atoms with Crippen molar-refractivity contribution in [1.82, 2.24) is 19.9 Å². The number of hydrogen-bond donors (Lipinski definition) is 5. The van der Waals surface area contributed by atoms with Gasteiger partial charge in [-0.15, -0.1) is 0 Å². The number of nitrogens with two attached hydrogens (primary N) is 1. The number of anilines is 1. The maximum atomic E-state index is 13.8. The zero-order chi connectivity index (χ0) is 76.5. The van der Waals surface area contributed by atoms with E-state index < -0.39 is 22.8 Å². The summed E-state index contributed by atoms with van der Waals surface area (Å²) in [6.45, 7) is 2.12. The first kappa shape index (κ1) is 77.0. The maximum absolute atomic E-state index is 13.8. The highest BCUT2D eigenvalue weighted by atomic mass is 35.5. The SMILES string of the molecule is CCOC(=O)CC1(O)C[C@H]2CC(c3ccnc4ccc(F)cc34)C[C@H]2C1.Nc1ccc(Cl)cc1.O=C(Cc1ccc(Cl)cc1)CC1(O)C[C@H]2CC(c3ccnc4ccc(F)cc34)C[C@H]2C1.O=C(O)CC1(O)C[C@H]2CC(c3ccnc4ccc(F)cc34)C[C@H]2C1.O=C1C[C@@H]2CC(c3ccnc4ccc(F)cc34)C[C@@H]2C1. The number of Topliss-reactive ketones (excluding diaryl/α,β-unsaturated/α-hetero) is 2. The molecule has 15 atom stereocenters. The molecular formula is C89H91Cl2F4N5O9. The van der Waals surface area contributed by atoms with E-state index in [4.69, 9.17) is 38.8 Å². The second-order valence-corrected chi connectivity index (χ2v) is 33.3. The molecule has 4 aromatic heterocycles. The first-order valence-electron chi connectivity index (χ1n) is 38.3. The normalized spacial score (nSPS) is 28.2. The van der Waals surface area contributed by atoms with Crippen LogP contribution in [0.15, 0.2) is 170 Å². The van der Waals surface area contributed by atoms with Gasteiger partial charge in [-0.05, 0) is 329 Å². The molecule has 8 aliphatic carbocycles.